The van der Waals surface area contributed by atoms with E-state index >= 15 is 0 Å². The smallest absolute Gasteiger partial charge is 0.307 e. The highest BCUT2D eigenvalue weighted by molar-refractivity contribution is 7.92. The quantitative estimate of drug-likeness (QED) is 0.594. The first-order valence-corrected chi connectivity index (χ1v) is 10.2. The lowest BCUT2D eigenvalue weighted by Gasteiger charge is -2.25. The van der Waals surface area contributed by atoms with E-state index in [9.17, 15) is 13.2 Å². The van der Waals surface area contributed by atoms with E-state index in [2.05, 4.69) is 0 Å². The first-order chi connectivity index (χ1) is 13.3. The van der Waals surface area contributed by atoms with Crippen LogP contribution in [0.15, 0.2) is 47.4 Å². The standard InChI is InChI=1S/C20H25NO6S/c1-5-27-20(22)10-11-21(16-12-17(25-3)14-18(13-16)26-4)28(23,24)19-8-6-15(2)7-9-19/h6-9,12-14H,5,10-11H2,1-4H3. The number of methoxy groups -OCH3 is 2. The van der Waals surface area contributed by atoms with Crippen LogP contribution in [0.2, 0.25) is 0 Å². The number of ether oxygens (including phenoxy) is 3. The minimum absolute atomic E-state index is 0.0780. The molecule has 2 aromatic rings. The molecule has 0 atom stereocenters. The summed E-state index contributed by atoms with van der Waals surface area (Å²) in [6.45, 7) is 3.73. The number of hydrogen-bond donors (Lipinski definition) is 0. The van der Waals surface area contributed by atoms with E-state index in [1.54, 1.807) is 49.4 Å². The van der Waals surface area contributed by atoms with Crippen molar-refractivity contribution in [3.05, 3.63) is 48.0 Å². The highest BCUT2D eigenvalue weighted by Crippen LogP contribution is 2.32. The van der Waals surface area contributed by atoms with Crippen molar-refractivity contribution < 1.29 is 27.4 Å². The van der Waals surface area contributed by atoms with E-state index in [1.807, 2.05) is 6.92 Å². The van der Waals surface area contributed by atoms with Gasteiger partial charge >= 0.3 is 5.97 Å². The van der Waals surface area contributed by atoms with Crippen molar-refractivity contribution in [2.24, 2.45) is 0 Å². The fraction of sp³-hybridized carbons (Fsp3) is 0.350. The Labute approximate surface area is 165 Å². The van der Waals surface area contributed by atoms with Gasteiger partial charge in [-0.2, -0.15) is 0 Å². The zero-order chi connectivity index (χ0) is 20.7. The van der Waals surface area contributed by atoms with Crippen LogP contribution in [0.4, 0.5) is 5.69 Å². The molecule has 0 amide bonds. The molecule has 0 aliphatic rings. The maximum atomic E-state index is 13.3. The van der Waals surface area contributed by atoms with Crippen LogP contribution in [-0.4, -0.2) is 41.8 Å². The first-order valence-electron chi connectivity index (χ1n) is 8.80. The van der Waals surface area contributed by atoms with Crippen molar-refractivity contribution in [2.45, 2.75) is 25.2 Å². The molecule has 0 saturated carbocycles. The average molecular weight is 407 g/mol. The third kappa shape index (κ3) is 5.16. The van der Waals surface area contributed by atoms with Gasteiger partial charge in [-0.1, -0.05) is 17.7 Å². The molecule has 28 heavy (non-hydrogen) atoms. The zero-order valence-electron chi connectivity index (χ0n) is 16.5. The van der Waals surface area contributed by atoms with Crippen molar-refractivity contribution in [2.75, 3.05) is 31.7 Å². The number of nitrogens with zero attached hydrogens (tertiary/aromatic N) is 1. The molecule has 0 spiro atoms. The fourth-order valence-electron chi connectivity index (χ4n) is 2.59. The summed E-state index contributed by atoms with van der Waals surface area (Å²) in [4.78, 5) is 12.0. The van der Waals surface area contributed by atoms with Gasteiger partial charge in [0.15, 0.2) is 0 Å². The highest BCUT2D eigenvalue weighted by atomic mass is 32.2. The number of aryl methyl sites for hydroxylation is 1. The summed E-state index contributed by atoms with van der Waals surface area (Å²) in [5.41, 5.74) is 1.28. The van der Waals surface area contributed by atoms with Gasteiger partial charge in [-0.3, -0.25) is 9.10 Å². The lowest BCUT2D eigenvalue weighted by Crippen LogP contribution is -2.33. The second-order valence-electron chi connectivity index (χ2n) is 6.02. The Bertz CT molecular complexity index is 887. The van der Waals surface area contributed by atoms with Crippen LogP contribution < -0.4 is 13.8 Å². The molecule has 0 aliphatic carbocycles. The molecule has 0 saturated heterocycles. The molecular formula is C20H25NO6S. The predicted molar refractivity (Wildman–Crippen MR) is 107 cm³/mol. The molecule has 0 fully saturated rings. The lowest BCUT2D eigenvalue weighted by molar-refractivity contribution is -0.142. The molecule has 152 valence electrons. The summed E-state index contributed by atoms with van der Waals surface area (Å²) in [5, 5.41) is 0. The normalized spacial score (nSPS) is 11.0. The molecule has 0 heterocycles. The Balaban J connectivity index is 2.50. The topological polar surface area (TPSA) is 82.1 Å². The van der Waals surface area contributed by atoms with Crippen molar-refractivity contribution in [3.63, 3.8) is 0 Å². The number of carbonyl (C=O) groups is 1. The summed E-state index contributed by atoms with van der Waals surface area (Å²) >= 11 is 0. The van der Waals surface area contributed by atoms with Gasteiger partial charge in [0.25, 0.3) is 10.0 Å². The van der Waals surface area contributed by atoms with E-state index < -0.39 is 16.0 Å². The van der Waals surface area contributed by atoms with Gasteiger partial charge in [0.05, 0.1) is 37.8 Å². The van der Waals surface area contributed by atoms with E-state index in [1.165, 1.54) is 18.5 Å². The molecular weight excluding hydrogens is 382 g/mol. The van der Waals surface area contributed by atoms with E-state index in [0.717, 1.165) is 5.56 Å². The number of benzene rings is 2. The molecule has 0 unspecified atom stereocenters. The number of anilines is 1. The van der Waals surface area contributed by atoms with Crippen LogP contribution in [0.25, 0.3) is 0 Å². The molecule has 0 radical (unpaired) electrons. The third-order valence-corrected chi connectivity index (χ3v) is 5.90. The minimum atomic E-state index is -3.92. The summed E-state index contributed by atoms with van der Waals surface area (Å²) < 4.78 is 43.2. The first kappa shape index (κ1) is 21.6. The van der Waals surface area contributed by atoms with Gasteiger partial charge in [-0.15, -0.1) is 0 Å². The van der Waals surface area contributed by atoms with Gasteiger partial charge in [0, 0.05) is 24.7 Å². The van der Waals surface area contributed by atoms with Crippen molar-refractivity contribution in [1.29, 1.82) is 0 Å². The molecule has 0 aromatic heterocycles. The van der Waals surface area contributed by atoms with Gasteiger partial charge in [0.2, 0.25) is 0 Å². The molecule has 7 nitrogen and oxygen atoms in total. The molecule has 0 aliphatic heterocycles. The van der Waals surface area contributed by atoms with E-state index in [-0.39, 0.29) is 24.5 Å². The molecule has 2 aromatic carbocycles. The fourth-order valence-corrected chi connectivity index (χ4v) is 4.04. The minimum Gasteiger partial charge on any atom is -0.497 e. The maximum absolute atomic E-state index is 13.3. The SMILES string of the molecule is CCOC(=O)CCN(c1cc(OC)cc(OC)c1)S(=O)(=O)c1ccc(C)cc1. The Morgan fingerprint density at radius 3 is 2.07 bits per heavy atom. The molecule has 2 rings (SSSR count). The zero-order valence-corrected chi connectivity index (χ0v) is 17.3. The Kier molecular flexibility index (Phi) is 7.28. The highest BCUT2D eigenvalue weighted by Gasteiger charge is 2.26. The van der Waals surface area contributed by atoms with Gasteiger partial charge in [-0.05, 0) is 26.0 Å². The molecule has 0 N–H and O–H groups in total. The van der Waals surface area contributed by atoms with Crippen LogP contribution in [0, 0.1) is 6.92 Å². The average Bonchev–Trinajstić information content (AvgIpc) is 2.68. The molecule has 8 heteroatoms. The van der Waals surface area contributed by atoms with Crippen LogP contribution in [0.3, 0.4) is 0 Å². The number of esters is 1. The third-order valence-electron chi connectivity index (χ3n) is 4.06. The number of hydrogen-bond acceptors (Lipinski definition) is 6. The second-order valence-corrected chi connectivity index (χ2v) is 7.88. The van der Waals surface area contributed by atoms with Crippen molar-refractivity contribution >= 4 is 21.7 Å². The summed E-state index contributed by atoms with van der Waals surface area (Å²) in [6, 6.07) is 11.3. The van der Waals surface area contributed by atoms with Crippen LogP contribution in [-0.2, 0) is 19.6 Å². The summed E-state index contributed by atoms with van der Waals surface area (Å²) in [7, 11) is -0.953. The predicted octanol–water partition coefficient (Wildman–Crippen LogP) is 3.16. The van der Waals surface area contributed by atoms with E-state index in [0.29, 0.717) is 17.2 Å². The number of carbonyl (C=O) groups excluding carboxylic acids is 1. The largest absolute Gasteiger partial charge is 0.497 e. The van der Waals surface area contributed by atoms with Gasteiger partial charge in [-0.25, -0.2) is 8.42 Å². The van der Waals surface area contributed by atoms with Crippen molar-refractivity contribution in [3.8, 4) is 11.5 Å². The van der Waals surface area contributed by atoms with Crippen LogP contribution in [0.1, 0.15) is 18.9 Å². The van der Waals surface area contributed by atoms with Crippen molar-refractivity contribution in [1.82, 2.24) is 0 Å². The van der Waals surface area contributed by atoms with E-state index in [4.69, 9.17) is 14.2 Å². The Hall–Kier alpha value is -2.74. The lowest BCUT2D eigenvalue weighted by atomic mass is 10.2. The number of sulfonamides is 1. The summed E-state index contributed by atoms with van der Waals surface area (Å²) in [5.74, 6) is 0.408. The monoisotopic (exact) mass is 407 g/mol. The Morgan fingerprint density at radius 2 is 1.57 bits per heavy atom. The van der Waals surface area contributed by atoms with Crippen LogP contribution >= 0.6 is 0 Å². The van der Waals surface area contributed by atoms with Crippen LogP contribution in [0.5, 0.6) is 11.5 Å². The van der Waals surface area contributed by atoms with Gasteiger partial charge in [0.1, 0.15) is 11.5 Å². The number of rotatable bonds is 9. The summed E-state index contributed by atoms with van der Waals surface area (Å²) in [6.07, 6.45) is -0.0849. The molecule has 0 bridgehead atoms. The second kappa shape index (κ2) is 9.45. The maximum Gasteiger partial charge on any atom is 0.307 e. The Morgan fingerprint density at radius 1 is 1.00 bits per heavy atom. The van der Waals surface area contributed by atoms with Gasteiger partial charge < -0.3 is 14.2 Å².